The van der Waals surface area contributed by atoms with Crippen molar-refractivity contribution in [3.8, 4) is 11.5 Å². The molecule has 0 aliphatic carbocycles. The fourth-order valence-electron chi connectivity index (χ4n) is 3.03. The number of esters is 2. The van der Waals surface area contributed by atoms with Gasteiger partial charge in [0.15, 0.2) is 17.2 Å². The Kier molecular flexibility index (Phi) is 6.89. The molecule has 1 aliphatic heterocycles. The summed E-state index contributed by atoms with van der Waals surface area (Å²) in [5, 5.41) is 11.3. The molecule has 166 valence electrons. The number of cyclic esters (lactones) is 1. The molecule has 2 aromatic rings. The van der Waals surface area contributed by atoms with Gasteiger partial charge in [0.05, 0.1) is 17.1 Å². The summed E-state index contributed by atoms with van der Waals surface area (Å²) in [6, 6.07) is 7.45. The van der Waals surface area contributed by atoms with Gasteiger partial charge in [-0.3, -0.25) is 14.9 Å². The summed E-state index contributed by atoms with van der Waals surface area (Å²) in [6.07, 6.45) is 2.27. The lowest BCUT2D eigenvalue weighted by molar-refractivity contribution is -0.385. The molecule has 0 saturated carbocycles. The molecule has 1 heterocycles. The summed E-state index contributed by atoms with van der Waals surface area (Å²) in [5.41, 5.74) is 0.982. The Hall–Kier alpha value is -3.72. The van der Waals surface area contributed by atoms with Crippen molar-refractivity contribution in [2.24, 2.45) is 4.99 Å². The number of aliphatic imine (C=N–C) groups is 1. The number of halogens is 1. The second-order valence-corrected chi connectivity index (χ2v) is 7.21. The summed E-state index contributed by atoms with van der Waals surface area (Å²) >= 11 is 6.27. The van der Waals surface area contributed by atoms with Crippen LogP contribution in [-0.4, -0.2) is 29.9 Å². The SMILES string of the molecule is CCCC(=O)Oc1c(Cl)cc(/C=C2\N=C(c3cccc([N+](=O)[O-])c3C)OC2=O)cc1OC. The molecule has 0 N–H and O–H groups in total. The van der Waals surface area contributed by atoms with Gasteiger partial charge < -0.3 is 14.2 Å². The van der Waals surface area contributed by atoms with E-state index >= 15 is 0 Å². The summed E-state index contributed by atoms with van der Waals surface area (Å²) < 4.78 is 15.8. The van der Waals surface area contributed by atoms with Crippen LogP contribution in [0.25, 0.3) is 6.08 Å². The zero-order chi connectivity index (χ0) is 23.4. The van der Waals surface area contributed by atoms with Gasteiger partial charge in [-0.05, 0) is 43.2 Å². The van der Waals surface area contributed by atoms with Gasteiger partial charge in [-0.25, -0.2) is 9.79 Å². The highest BCUT2D eigenvalue weighted by atomic mass is 35.5. The molecule has 0 saturated heterocycles. The molecular formula is C22H19ClN2O7. The smallest absolute Gasteiger partial charge is 0.363 e. The standard InChI is InChI=1S/C22H19ClN2O7/c1-4-6-19(26)31-20-15(23)9-13(11-18(20)30-3)10-16-22(27)32-21(24-16)14-7-5-8-17(12(14)2)25(28)29/h5,7-11H,4,6H2,1-3H3/b16-10-. The zero-order valence-corrected chi connectivity index (χ0v) is 18.3. The minimum absolute atomic E-state index is 0.0280. The molecule has 2 aromatic carbocycles. The highest BCUT2D eigenvalue weighted by Gasteiger charge is 2.27. The highest BCUT2D eigenvalue weighted by molar-refractivity contribution is 6.32. The predicted octanol–water partition coefficient (Wildman–Crippen LogP) is 4.62. The lowest BCUT2D eigenvalue weighted by Gasteiger charge is -2.11. The molecule has 0 amide bonds. The predicted molar refractivity (Wildman–Crippen MR) is 117 cm³/mol. The van der Waals surface area contributed by atoms with E-state index < -0.39 is 16.9 Å². The molecular weight excluding hydrogens is 440 g/mol. The van der Waals surface area contributed by atoms with Gasteiger partial charge >= 0.3 is 11.9 Å². The lowest BCUT2D eigenvalue weighted by atomic mass is 10.1. The van der Waals surface area contributed by atoms with Crippen LogP contribution in [0, 0.1) is 17.0 Å². The maximum Gasteiger partial charge on any atom is 0.363 e. The lowest BCUT2D eigenvalue weighted by Crippen LogP contribution is -2.08. The second kappa shape index (κ2) is 9.61. The van der Waals surface area contributed by atoms with Crippen LogP contribution in [0.1, 0.15) is 36.5 Å². The number of nitro groups is 1. The first-order chi connectivity index (χ1) is 15.2. The molecule has 0 spiro atoms. The van der Waals surface area contributed by atoms with E-state index in [0.717, 1.165) is 0 Å². The van der Waals surface area contributed by atoms with E-state index in [1.807, 2.05) is 6.92 Å². The first kappa shape index (κ1) is 23.0. The number of nitro benzene ring substituents is 1. The first-order valence-electron chi connectivity index (χ1n) is 9.60. The fourth-order valence-corrected chi connectivity index (χ4v) is 3.28. The van der Waals surface area contributed by atoms with E-state index in [2.05, 4.69) is 4.99 Å². The average Bonchev–Trinajstić information content (AvgIpc) is 3.09. The van der Waals surface area contributed by atoms with Crippen molar-refractivity contribution < 1.29 is 28.7 Å². The third-order valence-electron chi connectivity index (χ3n) is 4.58. The number of benzene rings is 2. The number of hydrogen-bond donors (Lipinski definition) is 0. The topological polar surface area (TPSA) is 117 Å². The molecule has 9 nitrogen and oxygen atoms in total. The number of carbonyl (C=O) groups is 2. The third-order valence-corrected chi connectivity index (χ3v) is 4.86. The molecule has 32 heavy (non-hydrogen) atoms. The molecule has 1 aliphatic rings. The number of hydrogen-bond acceptors (Lipinski definition) is 8. The van der Waals surface area contributed by atoms with Crippen molar-refractivity contribution in [2.75, 3.05) is 7.11 Å². The third kappa shape index (κ3) is 4.78. The maximum atomic E-state index is 12.3. The molecule has 0 atom stereocenters. The monoisotopic (exact) mass is 458 g/mol. The van der Waals surface area contributed by atoms with E-state index in [9.17, 15) is 19.7 Å². The van der Waals surface area contributed by atoms with E-state index in [0.29, 0.717) is 23.1 Å². The Morgan fingerprint density at radius 3 is 2.75 bits per heavy atom. The molecule has 3 rings (SSSR count). The number of methoxy groups -OCH3 is 1. The molecule has 0 unspecified atom stereocenters. The minimum Gasteiger partial charge on any atom is -0.493 e. The van der Waals surface area contributed by atoms with Crippen LogP contribution in [0.15, 0.2) is 41.0 Å². The Bertz CT molecular complexity index is 1170. The van der Waals surface area contributed by atoms with Gasteiger partial charge in [-0.1, -0.05) is 24.6 Å². The van der Waals surface area contributed by atoms with E-state index in [1.165, 1.54) is 37.5 Å². The Morgan fingerprint density at radius 2 is 2.09 bits per heavy atom. The van der Waals surface area contributed by atoms with Crippen molar-refractivity contribution >= 4 is 41.2 Å². The van der Waals surface area contributed by atoms with Crippen molar-refractivity contribution in [1.82, 2.24) is 0 Å². The number of rotatable bonds is 7. The Labute approximate surface area is 188 Å². The fraction of sp³-hybridized carbons (Fsp3) is 0.227. The molecule has 0 fully saturated rings. The summed E-state index contributed by atoms with van der Waals surface area (Å²) in [4.78, 5) is 39.0. The Balaban J connectivity index is 1.96. The van der Waals surface area contributed by atoms with Gasteiger partial charge in [-0.2, -0.15) is 0 Å². The van der Waals surface area contributed by atoms with Crippen LogP contribution in [0.3, 0.4) is 0 Å². The number of nitrogens with zero attached hydrogens (tertiary/aromatic N) is 2. The largest absolute Gasteiger partial charge is 0.493 e. The van der Waals surface area contributed by atoms with Crippen LogP contribution in [-0.2, 0) is 14.3 Å². The number of ether oxygens (including phenoxy) is 3. The summed E-state index contributed by atoms with van der Waals surface area (Å²) in [7, 11) is 1.39. The van der Waals surface area contributed by atoms with Gasteiger partial charge in [0.2, 0.25) is 5.90 Å². The van der Waals surface area contributed by atoms with Crippen molar-refractivity contribution in [2.45, 2.75) is 26.7 Å². The van der Waals surface area contributed by atoms with Crippen LogP contribution in [0.5, 0.6) is 11.5 Å². The average molecular weight is 459 g/mol. The highest BCUT2D eigenvalue weighted by Crippen LogP contribution is 2.37. The summed E-state index contributed by atoms with van der Waals surface area (Å²) in [6.45, 7) is 3.40. The van der Waals surface area contributed by atoms with Gasteiger partial charge in [-0.15, -0.1) is 0 Å². The van der Waals surface area contributed by atoms with Crippen molar-refractivity contribution in [3.63, 3.8) is 0 Å². The van der Waals surface area contributed by atoms with Crippen LogP contribution >= 0.6 is 11.6 Å². The molecule has 10 heteroatoms. The van der Waals surface area contributed by atoms with Crippen molar-refractivity contribution in [3.05, 3.63) is 67.9 Å². The Morgan fingerprint density at radius 1 is 1.34 bits per heavy atom. The van der Waals surface area contributed by atoms with Gasteiger partial charge in [0.25, 0.3) is 5.69 Å². The van der Waals surface area contributed by atoms with Crippen LogP contribution in [0.2, 0.25) is 5.02 Å². The van der Waals surface area contributed by atoms with Crippen LogP contribution < -0.4 is 9.47 Å². The number of carbonyl (C=O) groups excluding carboxylic acids is 2. The van der Waals surface area contributed by atoms with E-state index in [4.69, 9.17) is 25.8 Å². The van der Waals surface area contributed by atoms with E-state index in [1.54, 1.807) is 13.0 Å². The van der Waals surface area contributed by atoms with Gasteiger partial charge in [0, 0.05) is 23.6 Å². The molecule has 0 bridgehead atoms. The summed E-state index contributed by atoms with van der Waals surface area (Å²) in [5.74, 6) is -0.913. The quantitative estimate of drug-likeness (QED) is 0.195. The van der Waals surface area contributed by atoms with Crippen LogP contribution in [0.4, 0.5) is 5.69 Å². The zero-order valence-electron chi connectivity index (χ0n) is 17.5. The van der Waals surface area contributed by atoms with Gasteiger partial charge in [0.1, 0.15) is 0 Å². The normalized spacial score (nSPS) is 14.2. The van der Waals surface area contributed by atoms with E-state index in [-0.39, 0.29) is 40.2 Å². The maximum absolute atomic E-state index is 12.3. The second-order valence-electron chi connectivity index (χ2n) is 6.80. The van der Waals surface area contributed by atoms with Crippen molar-refractivity contribution in [1.29, 1.82) is 0 Å². The molecule has 0 aromatic heterocycles. The molecule has 0 radical (unpaired) electrons. The first-order valence-corrected chi connectivity index (χ1v) is 9.98. The minimum atomic E-state index is -0.723.